The Labute approximate surface area is 108 Å². The molecular weight excluding hydrogens is 343 g/mol. The van der Waals surface area contributed by atoms with E-state index in [0.717, 1.165) is 9.83 Å². The van der Waals surface area contributed by atoms with Gasteiger partial charge in [-0.05, 0) is 41.6 Å². The number of carbonyl (C=O) groups is 1. The van der Waals surface area contributed by atoms with Crippen molar-refractivity contribution in [2.75, 3.05) is 11.6 Å². The summed E-state index contributed by atoms with van der Waals surface area (Å²) in [7, 11) is -3.37. The number of halogens is 1. The fraction of sp³-hybridized carbons (Fsp3) is 0.333. The van der Waals surface area contributed by atoms with Gasteiger partial charge in [0.15, 0.2) is 9.84 Å². The summed E-state index contributed by atoms with van der Waals surface area (Å²) >= 11 is 2.09. The predicted octanol–water partition coefficient (Wildman–Crippen LogP) is 1.06. The van der Waals surface area contributed by atoms with Gasteiger partial charge in [-0.3, -0.25) is 4.79 Å². The van der Waals surface area contributed by atoms with Crippen LogP contribution in [0.5, 0.6) is 0 Å². The number of hydrogen-bond acceptors (Lipinski definition) is 4. The molecule has 0 fully saturated rings. The van der Waals surface area contributed by atoms with Gasteiger partial charge in [-0.2, -0.15) is 0 Å². The second-order valence-electron chi connectivity index (χ2n) is 3.32. The maximum Gasteiger partial charge on any atom is 0.243 e. The van der Waals surface area contributed by atoms with Crippen LogP contribution in [-0.4, -0.2) is 30.8 Å². The summed E-state index contributed by atoms with van der Waals surface area (Å²) in [4.78, 5) is 15.5. The van der Waals surface area contributed by atoms with Gasteiger partial charge in [0.25, 0.3) is 0 Å². The van der Waals surface area contributed by atoms with Crippen LogP contribution in [0.3, 0.4) is 0 Å². The summed E-state index contributed by atoms with van der Waals surface area (Å²) in [5, 5.41) is 1.37. The molecule has 0 radical (unpaired) electrons. The van der Waals surface area contributed by atoms with Gasteiger partial charge in [-0.15, -0.1) is 0 Å². The standard InChI is InChI=1S/C9H11IN2O3S/c1-6(16(2,14)15)9(13)12-8-4-3-7(10)5-11-8/h3-6H,1-2H3,(H,11,12,13). The van der Waals surface area contributed by atoms with Gasteiger partial charge in [0.05, 0.1) is 0 Å². The second kappa shape index (κ2) is 5.09. The molecule has 0 aromatic carbocycles. The van der Waals surface area contributed by atoms with Crippen LogP contribution in [0.15, 0.2) is 18.3 Å². The van der Waals surface area contributed by atoms with Gasteiger partial charge in [0.1, 0.15) is 11.1 Å². The van der Waals surface area contributed by atoms with Crippen molar-refractivity contribution in [1.82, 2.24) is 4.98 Å². The monoisotopic (exact) mass is 354 g/mol. The maximum atomic E-state index is 11.5. The Bertz CT molecular complexity index is 484. The fourth-order valence-electron chi connectivity index (χ4n) is 0.872. The highest BCUT2D eigenvalue weighted by Crippen LogP contribution is 2.08. The van der Waals surface area contributed by atoms with Gasteiger partial charge < -0.3 is 5.32 Å². The largest absolute Gasteiger partial charge is 0.310 e. The van der Waals surface area contributed by atoms with Crippen molar-refractivity contribution in [1.29, 1.82) is 0 Å². The number of aromatic nitrogens is 1. The zero-order valence-corrected chi connectivity index (χ0v) is 11.7. The van der Waals surface area contributed by atoms with E-state index in [2.05, 4.69) is 32.9 Å². The first-order valence-corrected chi connectivity index (χ1v) is 7.45. The number of nitrogens with zero attached hydrogens (tertiary/aromatic N) is 1. The van der Waals surface area contributed by atoms with E-state index in [1.165, 1.54) is 6.92 Å². The van der Waals surface area contributed by atoms with Crippen molar-refractivity contribution in [3.05, 3.63) is 21.9 Å². The minimum Gasteiger partial charge on any atom is -0.310 e. The number of amides is 1. The summed E-state index contributed by atoms with van der Waals surface area (Å²) < 4.78 is 23.2. The molecule has 0 bridgehead atoms. The molecule has 0 aliphatic heterocycles. The zero-order valence-electron chi connectivity index (χ0n) is 8.77. The molecule has 1 heterocycles. The van der Waals surface area contributed by atoms with Crippen molar-refractivity contribution in [3.8, 4) is 0 Å². The summed E-state index contributed by atoms with van der Waals surface area (Å²) in [6.45, 7) is 1.34. The van der Waals surface area contributed by atoms with Crippen LogP contribution in [0.2, 0.25) is 0 Å². The van der Waals surface area contributed by atoms with Crippen molar-refractivity contribution in [2.24, 2.45) is 0 Å². The second-order valence-corrected chi connectivity index (χ2v) is 6.93. The smallest absolute Gasteiger partial charge is 0.243 e. The molecule has 16 heavy (non-hydrogen) atoms. The van der Waals surface area contributed by atoms with Gasteiger partial charge in [-0.25, -0.2) is 13.4 Å². The van der Waals surface area contributed by atoms with E-state index in [1.807, 2.05) is 0 Å². The minimum absolute atomic E-state index is 0.348. The highest BCUT2D eigenvalue weighted by molar-refractivity contribution is 14.1. The molecule has 0 aliphatic carbocycles. The summed E-state index contributed by atoms with van der Waals surface area (Å²) in [5.74, 6) is -0.225. The Morgan fingerprint density at radius 3 is 2.56 bits per heavy atom. The molecule has 1 amide bonds. The molecule has 0 aliphatic rings. The summed E-state index contributed by atoms with van der Waals surface area (Å²) in [5.41, 5.74) is 0. The molecule has 1 rings (SSSR count). The molecule has 1 aromatic heterocycles. The lowest BCUT2D eigenvalue weighted by atomic mass is 10.4. The molecular formula is C9H11IN2O3S. The lowest BCUT2D eigenvalue weighted by molar-refractivity contribution is -0.115. The average Bonchev–Trinajstić information content (AvgIpc) is 2.19. The Morgan fingerprint density at radius 2 is 2.12 bits per heavy atom. The first-order valence-electron chi connectivity index (χ1n) is 4.42. The Hall–Kier alpha value is -0.700. The van der Waals surface area contributed by atoms with Crippen LogP contribution in [-0.2, 0) is 14.6 Å². The van der Waals surface area contributed by atoms with Gasteiger partial charge in [0.2, 0.25) is 5.91 Å². The number of anilines is 1. The first kappa shape index (κ1) is 13.4. The number of hydrogen-bond donors (Lipinski definition) is 1. The lowest BCUT2D eigenvalue weighted by Gasteiger charge is -2.09. The average molecular weight is 354 g/mol. The van der Waals surface area contributed by atoms with E-state index in [0.29, 0.717) is 5.82 Å². The molecule has 0 saturated heterocycles. The highest BCUT2D eigenvalue weighted by Gasteiger charge is 2.23. The molecule has 7 heteroatoms. The third kappa shape index (κ3) is 3.71. The fourth-order valence-corrected chi connectivity index (χ4v) is 1.64. The SMILES string of the molecule is CC(C(=O)Nc1ccc(I)cn1)S(C)(=O)=O. The number of pyridine rings is 1. The molecule has 1 N–H and O–H groups in total. The third-order valence-corrected chi connectivity index (χ3v) is 4.13. The van der Waals surface area contributed by atoms with E-state index in [4.69, 9.17) is 0 Å². The van der Waals surface area contributed by atoms with Gasteiger partial charge in [0, 0.05) is 16.0 Å². The summed E-state index contributed by atoms with van der Waals surface area (Å²) in [6.07, 6.45) is 2.61. The predicted molar refractivity (Wildman–Crippen MR) is 69.9 cm³/mol. The van der Waals surface area contributed by atoms with E-state index < -0.39 is 21.0 Å². The van der Waals surface area contributed by atoms with E-state index in [9.17, 15) is 13.2 Å². The number of carbonyl (C=O) groups excluding carboxylic acids is 1. The van der Waals surface area contributed by atoms with Gasteiger partial charge >= 0.3 is 0 Å². The number of sulfone groups is 1. The summed E-state index contributed by atoms with van der Waals surface area (Å²) in [6, 6.07) is 3.39. The molecule has 0 saturated carbocycles. The normalized spacial score (nSPS) is 13.2. The molecule has 1 aromatic rings. The van der Waals surface area contributed by atoms with Crippen molar-refractivity contribution >= 4 is 44.2 Å². The molecule has 0 spiro atoms. The maximum absolute atomic E-state index is 11.5. The van der Waals surface area contributed by atoms with Crippen LogP contribution < -0.4 is 5.32 Å². The van der Waals surface area contributed by atoms with Crippen molar-refractivity contribution in [3.63, 3.8) is 0 Å². The number of nitrogens with one attached hydrogen (secondary N) is 1. The molecule has 1 unspecified atom stereocenters. The Morgan fingerprint density at radius 1 is 1.50 bits per heavy atom. The third-order valence-electron chi connectivity index (χ3n) is 1.99. The van der Waals surface area contributed by atoms with Crippen LogP contribution in [0, 0.1) is 3.57 Å². The topological polar surface area (TPSA) is 76.1 Å². The van der Waals surface area contributed by atoms with Crippen LogP contribution in [0.4, 0.5) is 5.82 Å². The Balaban J connectivity index is 2.76. The quantitative estimate of drug-likeness (QED) is 0.824. The molecule has 1 atom stereocenters. The molecule has 88 valence electrons. The van der Waals surface area contributed by atoms with Crippen molar-refractivity contribution in [2.45, 2.75) is 12.2 Å². The van der Waals surface area contributed by atoms with Gasteiger partial charge in [-0.1, -0.05) is 0 Å². The van der Waals surface area contributed by atoms with Crippen molar-refractivity contribution < 1.29 is 13.2 Å². The first-order chi connectivity index (χ1) is 7.30. The van der Waals surface area contributed by atoms with Crippen LogP contribution >= 0.6 is 22.6 Å². The van der Waals surface area contributed by atoms with Crippen LogP contribution in [0.25, 0.3) is 0 Å². The van der Waals surface area contributed by atoms with E-state index in [-0.39, 0.29) is 0 Å². The minimum atomic E-state index is -3.37. The zero-order chi connectivity index (χ0) is 12.3. The van der Waals surface area contributed by atoms with Crippen LogP contribution in [0.1, 0.15) is 6.92 Å². The number of rotatable bonds is 3. The van der Waals surface area contributed by atoms with E-state index in [1.54, 1.807) is 18.3 Å². The highest BCUT2D eigenvalue weighted by atomic mass is 127. The Kier molecular flexibility index (Phi) is 4.25. The lowest BCUT2D eigenvalue weighted by Crippen LogP contribution is -2.32. The van der Waals surface area contributed by atoms with E-state index >= 15 is 0 Å². The molecule has 5 nitrogen and oxygen atoms in total.